The minimum atomic E-state index is -1.36. The number of aliphatic hydroxyl groups is 1. The Kier molecular flexibility index (Phi) is 17.3. The van der Waals surface area contributed by atoms with Crippen molar-refractivity contribution in [2.45, 2.75) is 16.6 Å². The van der Waals surface area contributed by atoms with Crippen LogP contribution in [0.5, 0.6) is 0 Å². The Morgan fingerprint density at radius 2 is 0.811 bits per heavy atom. The number of aliphatic hydroxyl groups excluding tert-OH is 1. The summed E-state index contributed by atoms with van der Waals surface area (Å²) in [6.07, 6.45) is -0.516. The summed E-state index contributed by atoms with van der Waals surface area (Å²) in [6.45, 7) is 0. The molecule has 1 atom stereocenters. The first-order chi connectivity index (χ1) is 25.9. The van der Waals surface area contributed by atoms with E-state index in [4.69, 9.17) is 4.74 Å². The smallest absolute Gasteiger partial charge is 0.318 e. The molecule has 1 N–H and O–H groups in total. The van der Waals surface area contributed by atoms with Crippen LogP contribution in [0.15, 0.2) is 182 Å². The van der Waals surface area contributed by atoms with E-state index in [1.165, 1.54) is 25.3 Å². The monoisotopic (exact) mass is 744 g/mol. The summed E-state index contributed by atoms with van der Waals surface area (Å²) < 4.78 is 21.8. The SMILES string of the molecule is COC(=O)CS(=O)C(c1ccccc1)c1ccccc1.COC(=O)CSC(c1ccccc1)c1ccccc1.OC(c1ccccc1)c1ccccc1. The second kappa shape index (κ2) is 22.6. The van der Waals surface area contributed by atoms with Gasteiger partial charge in [0.2, 0.25) is 0 Å². The Hall–Kier alpha value is -5.28. The Morgan fingerprint density at radius 3 is 1.13 bits per heavy atom. The fourth-order valence-electron chi connectivity index (χ4n) is 5.32. The fourth-order valence-corrected chi connectivity index (χ4v) is 7.88. The third-order valence-electron chi connectivity index (χ3n) is 7.99. The molecule has 0 spiro atoms. The first-order valence-electron chi connectivity index (χ1n) is 17.0. The maximum absolute atomic E-state index is 12.5. The quantitative estimate of drug-likeness (QED) is 0.125. The van der Waals surface area contributed by atoms with Crippen molar-refractivity contribution >= 4 is 34.5 Å². The number of thioether (sulfide) groups is 1. The topological polar surface area (TPSA) is 89.9 Å². The predicted molar refractivity (Wildman–Crippen MR) is 216 cm³/mol. The van der Waals surface area contributed by atoms with Gasteiger partial charge in [0.25, 0.3) is 0 Å². The van der Waals surface area contributed by atoms with Crippen LogP contribution in [-0.2, 0) is 29.9 Å². The number of benzene rings is 6. The summed E-state index contributed by atoms with van der Waals surface area (Å²) in [6, 6.07) is 58.9. The van der Waals surface area contributed by atoms with Crippen molar-refractivity contribution < 1.29 is 28.4 Å². The molecule has 6 aromatic carbocycles. The third-order valence-corrected chi connectivity index (χ3v) is 10.9. The van der Waals surface area contributed by atoms with E-state index >= 15 is 0 Å². The highest BCUT2D eigenvalue weighted by molar-refractivity contribution is 8.00. The second-order valence-corrected chi connectivity index (χ2v) is 14.2. The first-order valence-corrected chi connectivity index (χ1v) is 19.4. The van der Waals surface area contributed by atoms with E-state index in [2.05, 4.69) is 29.0 Å². The normalized spacial score (nSPS) is 11.1. The molecule has 0 aliphatic carbocycles. The molecule has 0 radical (unpaired) electrons. The Morgan fingerprint density at radius 1 is 0.509 bits per heavy atom. The van der Waals surface area contributed by atoms with Gasteiger partial charge in [-0.1, -0.05) is 182 Å². The summed E-state index contributed by atoms with van der Waals surface area (Å²) in [4.78, 5) is 22.7. The molecule has 0 aliphatic heterocycles. The first kappa shape index (κ1) is 40.5. The number of hydrogen-bond acceptors (Lipinski definition) is 7. The van der Waals surface area contributed by atoms with Crippen molar-refractivity contribution in [3.63, 3.8) is 0 Å². The highest BCUT2D eigenvalue weighted by atomic mass is 32.2. The second-order valence-electron chi connectivity index (χ2n) is 11.6. The van der Waals surface area contributed by atoms with Gasteiger partial charge in [-0.15, -0.1) is 11.8 Å². The highest BCUT2D eigenvalue weighted by Crippen LogP contribution is 2.35. The molecule has 0 bridgehead atoms. The van der Waals surface area contributed by atoms with Crippen LogP contribution < -0.4 is 0 Å². The van der Waals surface area contributed by atoms with Crippen molar-refractivity contribution in [3.05, 3.63) is 215 Å². The van der Waals surface area contributed by atoms with E-state index in [1.54, 1.807) is 11.8 Å². The van der Waals surface area contributed by atoms with E-state index < -0.39 is 22.9 Å². The zero-order valence-electron chi connectivity index (χ0n) is 29.8. The molecule has 8 heteroatoms. The van der Waals surface area contributed by atoms with Crippen molar-refractivity contribution in [1.29, 1.82) is 0 Å². The van der Waals surface area contributed by atoms with Gasteiger partial charge in [-0.05, 0) is 33.4 Å². The lowest BCUT2D eigenvalue weighted by Crippen LogP contribution is -2.18. The van der Waals surface area contributed by atoms with Gasteiger partial charge < -0.3 is 14.6 Å². The fraction of sp³-hybridized carbons (Fsp3) is 0.156. The predicted octanol–water partition coefficient (Wildman–Crippen LogP) is 9.15. The van der Waals surface area contributed by atoms with Crippen molar-refractivity contribution in [2.75, 3.05) is 25.7 Å². The van der Waals surface area contributed by atoms with Crippen LogP contribution >= 0.6 is 11.8 Å². The molecule has 6 rings (SSSR count). The van der Waals surface area contributed by atoms with Crippen LogP contribution in [0, 0.1) is 0 Å². The van der Waals surface area contributed by atoms with E-state index in [1.807, 2.05) is 158 Å². The molecule has 0 fully saturated rings. The van der Waals surface area contributed by atoms with Crippen molar-refractivity contribution in [3.8, 4) is 0 Å². The maximum atomic E-state index is 12.5. The molecular weight excluding hydrogens is 701 g/mol. The lowest BCUT2D eigenvalue weighted by atomic mass is 10.0. The summed E-state index contributed by atoms with van der Waals surface area (Å²) in [5, 5.41) is 9.82. The van der Waals surface area contributed by atoms with Gasteiger partial charge in [-0.3, -0.25) is 13.8 Å². The number of rotatable bonds is 12. The largest absolute Gasteiger partial charge is 0.468 e. The van der Waals surface area contributed by atoms with Crippen LogP contribution in [0.3, 0.4) is 0 Å². The third kappa shape index (κ3) is 13.3. The van der Waals surface area contributed by atoms with Crippen LogP contribution in [-0.4, -0.2) is 47.0 Å². The van der Waals surface area contributed by atoms with E-state index in [0.717, 1.165) is 22.3 Å². The van der Waals surface area contributed by atoms with Gasteiger partial charge in [0, 0.05) is 10.8 Å². The minimum Gasteiger partial charge on any atom is -0.468 e. The molecule has 0 saturated heterocycles. The van der Waals surface area contributed by atoms with Crippen LogP contribution in [0.25, 0.3) is 0 Å². The van der Waals surface area contributed by atoms with Gasteiger partial charge in [-0.2, -0.15) is 0 Å². The molecule has 0 aromatic heterocycles. The Labute approximate surface area is 319 Å². The molecule has 272 valence electrons. The average molecular weight is 745 g/mol. The zero-order chi connectivity index (χ0) is 37.7. The van der Waals surface area contributed by atoms with Gasteiger partial charge in [0.05, 0.1) is 30.5 Å². The molecule has 0 aliphatic rings. The summed E-state index contributed by atoms with van der Waals surface area (Å²) >= 11 is 1.59. The number of carbonyl (C=O) groups excluding carboxylic acids is 2. The molecule has 6 nitrogen and oxygen atoms in total. The van der Waals surface area contributed by atoms with Gasteiger partial charge in [0.15, 0.2) is 0 Å². The molecular formula is C45H44O6S2. The molecule has 0 saturated carbocycles. The molecule has 53 heavy (non-hydrogen) atoms. The Balaban J connectivity index is 0.000000180. The van der Waals surface area contributed by atoms with Crippen molar-refractivity contribution in [1.82, 2.24) is 0 Å². The number of methoxy groups -OCH3 is 2. The lowest BCUT2D eigenvalue weighted by Gasteiger charge is -2.17. The lowest BCUT2D eigenvalue weighted by molar-refractivity contribution is -0.138. The number of hydrogen-bond donors (Lipinski definition) is 1. The summed E-state index contributed by atoms with van der Waals surface area (Å²) in [5.74, 6) is -0.405. The standard InChI is InChI=1S/C16H16O3S.C16H16O2S.C13H12O/c1-19-15(17)12-20(18)16(13-8-4-2-5-9-13)14-10-6-3-7-11-14;1-18-15(17)12-19-16(13-8-4-2-5-9-13)14-10-6-3-7-11-14;14-13(11-7-3-1-4-8-11)12-9-5-2-6-10-12/h2-11,16H,12H2,1H3;2-11,16H,12H2,1H3;1-10,13-14H. The summed E-state index contributed by atoms with van der Waals surface area (Å²) in [5.41, 5.74) is 6.12. The van der Waals surface area contributed by atoms with Crippen LogP contribution in [0.4, 0.5) is 0 Å². The summed E-state index contributed by atoms with van der Waals surface area (Å²) in [7, 11) is 1.36. The van der Waals surface area contributed by atoms with E-state index in [-0.39, 0.29) is 22.2 Å². The van der Waals surface area contributed by atoms with Crippen molar-refractivity contribution in [2.24, 2.45) is 0 Å². The maximum Gasteiger partial charge on any atom is 0.318 e. The Bertz CT molecular complexity index is 1810. The van der Waals surface area contributed by atoms with E-state index in [9.17, 15) is 18.9 Å². The van der Waals surface area contributed by atoms with Gasteiger partial charge >= 0.3 is 11.9 Å². The number of esters is 2. The minimum absolute atomic E-state index is 0.106. The van der Waals surface area contributed by atoms with Crippen LogP contribution in [0.2, 0.25) is 0 Å². The zero-order valence-corrected chi connectivity index (χ0v) is 31.4. The van der Waals surface area contributed by atoms with E-state index in [0.29, 0.717) is 5.75 Å². The molecule has 6 aromatic rings. The van der Waals surface area contributed by atoms with Gasteiger partial charge in [-0.25, -0.2) is 0 Å². The highest BCUT2D eigenvalue weighted by Gasteiger charge is 2.23. The molecule has 0 amide bonds. The molecule has 0 heterocycles. The van der Waals surface area contributed by atoms with Crippen LogP contribution in [0.1, 0.15) is 50.0 Å². The molecule has 1 unspecified atom stereocenters. The number of ether oxygens (including phenoxy) is 2. The number of carbonyl (C=O) groups is 2. The van der Waals surface area contributed by atoms with Gasteiger partial charge in [0.1, 0.15) is 11.9 Å². The average Bonchev–Trinajstić information content (AvgIpc) is 3.23.